The van der Waals surface area contributed by atoms with Gasteiger partial charge in [-0.25, -0.2) is 0 Å². The smallest absolute Gasteiger partial charge is 0.0863 e. The maximum atomic E-state index is 6.30. The van der Waals surface area contributed by atoms with E-state index in [-0.39, 0.29) is 0 Å². The number of rotatable bonds is 6. The standard InChI is InChI=1S/C13H23ClN4/c1-3-11-13(14)12(17(2)16-11)10-15-6-9-18-7-4-5-8-18/h15H,3-10H2,1-2H3. The molecule has 1 fully saturated rings. The summed E-state index contributed by atoms with van der Waals surface area (Å²) >= 11 is 6.30. The molecule has 1 aromatic rings. The van der Waals surface area contributed by atoms with Crippen LogP contribution < -0.4 is 5.32 Å². The van der Waals surface area contributed by atoms with Crippen LogP contribution >= 0.6 is 11.6 Å². The van der Waals surface area contributed by atoms with E-state index in [1.165, 1.54) is 25.9 Å². The zero-order chi connectivity index (χ0) is 13.0. The van der Waals surface area contributed by atoms with Crippen LogP contribution in [0.25, 0.3) is 0 Å². The molecule has 0 amide bonds. The van der Waals surface area contributed by atoms with Crippen LogP contribution in [0, 0.1) is 0 Å². The van der Waals surface area contributed by atoms with Crippen molar-refractivity contribution < 1.29 is 0 Å². The first-order valence-corrected chi connectivity index (χ1v) is 7.23. The molecule has 0 saturated carbocycles. The van der Waals surface area contributed by atoms with Crippen molar-refractivity contribution in [2.45, 2.75) is 32.7 Å². The molecule has 0 unspecified atom stereocenters. The minimum Gasteiger partial charge on any atom is -0.310 e. The molecule has 5 heteroatoms. The summed E-state index contributed by atoms with van der Waals surface area (Å²) in [5, 5.41) is 8.71. The lowest BCUT2D eigenvalue weighted by Crippen LogP contribution is -2.30. The van der Waals surface area contributed by atoms with E-state index < -0.39 is 0 Å². The first kappa shape index (κ1) is 13.8. The molecule has 1 aliphatic rings. The summed E-state index contributed by atoms with van der Waals surface area (Å²) in [6.07, 6.45) is 3.60. The molecule has 1 N–H and O–H groups in total. The molecular weight excluding hydrogens is 248 g/mol. The Kier molecular flexibility index (Phi) is 5.03. The zero-order valence-electron chi connectivity index (χ0n) is 11.4. The van der Waals surface area contributed by atoms with Crippen molar-refractivity contribution >= 4 is 11.6 Å². The fourth-order valence-corrected chi connectivity index (χ4v) is 2.82. The first-order valence-electron chi connectivity index (χ1n) is 6.85. The number of nitrogens with one attached hydrogen (secondary N) is 1. The van der Waals surface area contributed by atoms with Gasteiger partial charge in [-0.2, -0.15) is 5.10 Å². The molecule has 2 heterocycles. The second-order valence-electron chi connectivity index (χ2n) is 4.91. The average Bonchev–Trinajstić information content (AvgIpc) is 2.96. The van der Waals surface area contributed by atoms with Gasteiger partial charge in [0.15, 0.2) is 0 Å². The van der Waals surface area contributed by atoms with E-state index in [0.717, 1.165) is 42.5 Å². The maximum absolute atomic E-state index is 6.30. The highest BCUT2D eigenvalue weighted by atomic mass is 35.5. The lowest BCUT2D eigenvalue weighted by Gasteiger charge is -2.14. The molecule has 0 aromatic carbocycles. The minimum absolute atomic E-state index is 0.802. The van der Waals surface area contributed by atoms with E-state index in [0.29, 0.717) is 0 Å². The Bertz CT molecular complexity index is 383. The van der Waals surface area contributed by atoms with E-state index in [2.05, 4.69) is 22.2 Å². The van der Waals surface area contributed by atoms with Gasteiger partial charge in [-0.1, -0.05) is 18.5 Å². The number of hydrogen-bond donors (Lipinski definition) is 1. The van der Waals surface area contributed by atoms with E-state index >= 15 is 0 Å². The van der Waals surface area contributed by atoms with Gasteiger partial charge in [-0.15, -0.1) is 0 Å². The van der Waals surface area contributed by atoms with Crippen molar-refractivity contribution in [1.29, 1.82) is 0 Å². The molecular formula is C13H23ClN4. The summed E-state index contributed by atoms with van der Waals surface area (Å²) in [5.74, 6) is 0. The molecule has 0 spiro atoms. The summed E-state index contributed by atoms with van der Waals surface area (Å²) < 4.78 is 1.89. The van der Waals surface area contributed by atoms with Crippen LogP contribution in [-0.4, -0.2) is 40.9 Å². The van der Waals surface area contributed by atoms with Crippen molar-refractivity contribution in [3.05, 3.63) is 16.4 Å². The van der Waals surface area contributed by atoms with Crippen molar-refractivity contribution in [2.24, 2.45) is 7.05 Å². The van der Waals surface area contributed by atoms with Crippen LogP contribution in [0.2, 0.25) is 5.02 Å². The monoisotopic (exact) mass is 270 g/mol. The Balaban J connectivity index is 1.77. The molecule has 4 nitrogen and oxygen atoms in total. The largest absolute Gasteiger partial charge is 0.310 e. The lowest BCUT2D eigenvalue weighted by molar-refractivity contribution is 0.335. The molecule has 0 radical (unpaired) electrons. The van der Waals surface area contributed by atoms with Gasteiger partial charge in [0.25, 0.3) is 0 Å². The minimum atomic E-state index is 0.802. The zero-order valence-corrected chi connectivity index (χ0v) is 12.1. The molecule has 1 saturated heterocycles. The van der Waals surface area contributed by atoms with Gasteiger partial charge in [-0.05, 0) is 32.4 Å². The summed E-state index contributed by atoms with van der Waals surface area (Å²) in [6, 6.07) is 0. The van der Waals surface area contributed by atoms with Crippen molar-refractivity contribution in [3.63, 3.8) is 0 Å². The van der Waals surface area contributed by atoms with Gasteiger partial charge in [-0.3, -0.25) is 4.68 Å². The molecule has 18 heavy (non-hydrogen) atoms. The lowest BCUT2D eigenvalue weighted by atomic mass is 10.3. The topological polar surface area (TPSA) is 33.1 Å². The highest BCUT2D eigenvalue weighted by molar-refractivity contribution is 6.31. The Morgan fingerprint density at radius 1 is 1.33 bits per heavy atom. The van der Waals surface area contributed by atoms with Crippen LogP contribution in [0.4, 0.5) is 0 Å². The average molecular weight is 271 g/mol. The van der Waals surface area contributed by atoms with Gasteiger partial charge >= 0.3 is 0 Å². The van der Waals surface area contributed by atoms with Gasteiger partial charge in [0.05, 0.1) is 16.4 Å². The van der Waals surface area contributed by atoms with Crippen LogP contribution in [0.15, 0.2) is 0 Å². The Labute approximate surface area is 114 Å². The summed E-state index contributed by atoms with van der Waals surface area (Å²) in [4.78, 5) is 2.51. The van der Waals surface area contributed by atoms with Gasteiger partial charge in [0, 0.05) is 26.7 Å². The fourth-order valence-electron chi connectivity index (χ4n) is 2.46. The first-order chi connectivity index (χ1) is 8.72. The maximum Gasteiger partial charge on any atom is 0.0863 e. The van der Waals surface area contributed by atoms with Gasteiger partial charge in [0.1, 0.15) is 0 Å². The summed E-state index contributed by atoms with van der Waals surface area (Å²) in [7, 11) is 1.96. The fraction of sp³-hybridized carbons (Fsp3) is 0.769. The molecule has 0 atom stereocenters. The third-order valence-electron chi connectivity index (χ3n) is 3.60. The summed E-state index contributed by atoms with van der Waals surface area (Å²) in [5.41, 5.74) is 2.09. The predicted molar refractivity (Wildman–Crippen MR) is 75.0 cm³/mol. The van der Waals surface area contributed by atoms with Crippen molar-refractivity contribution in [3.8, 4) is 0 Å². The Morgan fingerprint density at radius 2 is 2.06 bits per heavy atom. The van der Waals surface area contributed by atoms with Crippen LogP contribution in [0.5, 0.6) is 0 Å². The van der Waals surface area contributed by atoms with Crippen LogP contribution in [0.3, 0.4) is 0 Å². The number of aryl methyl sites for hydroxylation is 2. The molecule has 2 rings (SSSR count). The quantitative estimate of drug-likeness (QED) is 0.801. The van der Waals surface area contributed by atoms with Crippen molar-refractivity contribution in [1.82, 2.24) is 20.0 Å². The highest BCUT2D eigenvalue weighted by Gasteiger charge is 2.13. The van der Waals surface area contributed by atoms with E-state index in [1.807, 2.05) is 11.7 Å². The molecule has 1 aliphatic heterocycles. The van der Waals surface area contributed by atoms with E-state index in [1.54, 1.807) is 0 Å². The second kappa shape index (κ2) is 6.55. The number of nitrogens with zero attached hydrogens (tertiary/aromatic N) is 3. The molecule has 102 valence electrons. The predicted octanol–water partition coefficient (Wildman–Crippen LogP) is 1.82. The molecule has 1 aromatic heterocycles. The molecule has 0 bridgehead atoms. The van der Waals surface area contributed by atoms with Crippen LogP contribution in [-0.2, 0) is 20.0 Å². The number of halogens is 1. The van der Waals surface area contributed by atoms with Crippen molar-refractivity contribution in [2.75, 3.05) is 26.2 Å². The van der Waals surface area contributed by atoms with E-state index in [4.69, 9.17) is 11.6 Å². The van der Waals surface area contributed by atoms with Crippen LogP contribution in [0.1, 0.15) is 31.2 Å². The van der Waals surface area contributed by atoms with Gasteiger partial charge in [0.2, 0.25) is 0 Å². The second-order valence-corrected chi connectivity index (χ2v) is 5.29. The molecule has 0 aliphatic carbocycles. The Morgan fingerprint density at radius 3 is 2.67 bits per heavy atom. The number of likely N-dealkylation sites (tertiary alicyclic amines) is 1. The number of aromatic nitrogens is 2. The Hall–Kier alpha value is -0.580. The normalized spacial score (nSPS) is 16.6. The van der Waals surface area contributed by atoms with E-state index in [9.17, 15) is 0 Å². The highest BCUT2D eigenvalue weighted by Crippen LogP contribution is 2.20. The third-order valence-corrected chi connectivity index (χ3v) is 4.04. The third kappa shape index (κ3) is 3.25. The summed E-state index contributed by atoms with van der Waals surface area (Å²) in [6.45, 7) is 7.55. The van der Waals surface area contributed by atoms with Gasteiger partial charge < -0.3 is 10.2 Å². The number of hydrogen-bond acceptors (Lipinski definition) is 3. The SMILES string of the molecule is CCc1nn(C)c(CNCCN2CCCC2)c1Cl.